The first kappa shape index (κ1) is 13.7. The van der Waals surface area contributed by atoms with Crippen LogP contribution in [0.4, 0.5) is 4.39 Å². The van der Waals surface area contributed by atoms with E-state index in [1.807, 2.05) is 5.38 Å². The highest BCUT2D eigenvalue weighted by molar-refractivity contribution is 7.09. The van der Waals surface area contributed by atoms with Gasteiger partial charge in [0.25, 0.3) is 0 Å². The number of carbonyl (C=O) groups is 1. The fourth-order valence-corrected chi connectivity index (χ4v) is 2.49. The van der Waals surface area contributed by atoms with E-state index in [4.69, 9.17) is 4.74 Å². The molecule has 1 aromatic heterocycles. The molecule has 0 saturated carbocycles. The minimum absolute atomic E-state index is 0.135. The summed E-state index contributed by atoms with van der Waals surface area (Å²) < 4.78 is 18.9. The number of aromatic nitrogens is 1. The number of aryl methyl sites for hydroxylation is 1. The fraction of sp³-hybridized carbons (Fsp3) is 0.286. The fourth-order valence-electron chi connectivity index (χ4n) is 1.60. The molecular formula is C14H14FNO2S. The lowest BCUT2D eigenvalue weighted by molar-refractivity contribution is 0.112. The zero-order valence-corrected chi connectivity index (χ0v) is 11.4. The number of hydrogen-bond acceptors (Lipinski definition) is 4. The Balaban J connectivity index is 1.99. The van der Waals surface area contributed by atoms with Crippen LogP contribution in [0.2, 0.25) is 0 Å². The van der Waals surface area contributed by atoms with E-state index in [9.17, 15) is 9.18 Å². The van der Waals surface area contributed by atoms with Crippen molar-refractivity contribution in [2.75, 3.05) is 0 Å². The topological polar surface area (TPSA) is 39.2 Å². The van der Waals surface area contributed by atoms with E-state index in [0.717, 1.165) is 29.6 Å². The molecule has 0 fully saturated rings. The van der Waals surface area contributed by atoms with Gasteiger partial charge in [0, 0.05) is 10.9 Å². The number of thiazole rings is 1. The van der Waals surface area contributed by atoms with Crippen LogP contribution in [-0.4, -0.2) is 11.3 Å². The largest absolute Gasteiger partial charge is 0.484 e. The van der Waals surface area contributed by atoms with E-state index in [1.165, 1.54) is 12.1 Å². The van der Waals surface area contributed by atoms with Crippen molar-refractivity contribution in [3.63, 3.8) is 0 Å². The maximum atomic E-state index is 13.6. The van der Waals surface area contributed by atoms with Crippen LogP contribution in [0.5, 0.6) is 5.75 Å². The summed E-state index contributed by atoms with van der Waals surface area (Å²) in [5.74, 6) is -0.399. The smallest absolute Gasteiger partial charge is 0.165 e. The summed E-state index contributed by atoms with van der Waals surface area (Å²) in [4.78, 5) is 14.9. The number of nitrogens with zero attached hydrogens (tertiary/aromatic N) is 1. The second kappa shape index (κ2) is 6.43. The quantitative estimate of drug-likeness (QED) is 0.758. The van der Waals surface area contributed by atoms with Crippen molar-refractivity contribution in [2.45, 2.75) is 26.4 Å². The van der Waals surface area contributed by atoms with Crippen molar-refractivity contribution in [2.24, 2.45) is 0 Å². The molecule has 5 heteroatoms. The van der Waals surface area contributed by atoms with Gasteiger partial charge in [-0.25, -0.2) is 9.37 Å². The Hall–Kier alpha value is -1.75. The summed E-state index contributed by atoms with van der Waals surface area (Å²) >= 11 is 1.59. The lowest BCUT2D eigenvalue weighted by Crippen LogP contribution is -1.98. The lowest BCUT2D eigenvalue weighted by Gasteiger charge is -2.05. The molecule has 2 aromatic rings. The van der Waals surface area contributed by atoms with E-state index < -0.39 is 5.82 Å². The van der Waals surface area contributed by atoms with Crippen LogP contribution in [0.1, 0.15) is 34.4 Å². The van der Waals surface area contributed by atoms with E-state index in [-0.39, 0.29) is 12.4 Å². The first-order valence-corrected chi connectivity index (χ1v) is 6.91. The summed E-state index contributed by atoms with van der Waals surface area (Å²) in [6, 6.07) is 4.14. The van der Waals surface area contributed by atoms with Gasteiger partial charge in [-0.3, -0.25) is 4.79 Å². The van der Waals surface area contributed by atoms with Gasteiger partial charge in [-0.2, -0.15) is 0 Å². The van der Waals surface area contributed by atoms with Gasteiger partial charge < -0.3 is 4.74 Å². The summed E-state index contributed by atoms with van der Waals surface area (Å²) in [6.07, 6.45) is 2.60. The van der Waals surface area contributed by atoms with Crippen molar-refractivity contribution >= 4 is 17.6 Å². The van der Waals surface area contributed by atoms with Crippen molar-refractivity contribution in [1.29, 1.82) is 0 Å². The molecule has 0 unspecified atom stereocenters. The third-order valence-electron chi connectivity index (χ3n) is 2.53. The van der Waals surface area contributed by atoms with Crippen molar-refractivity contribution in [1.82, 2.24) is 4.98 Å². The number of rotatable bonds is 6. The molecule has 0 amide bonds. The Morgan fingerprint density at radius 1 is 1.47 bits per heavy atom. The van der Waals surface area contributed by atoms with Gasteiger partial charge in [-0.1, -0.05) is 6.92 Å². The zero-order valence-electron chi connectivity index (χ0n) is 10.6. The van der Waals surface area contributed by atoms with Gasteiger partial charge in [-0.05, 0) is 31.0 Å². The Morgan fingerprint density at radius 3 is 3.00 bits per heavy atom. The molecule has 0 spiro atoms. The molecule has 0 radical (unpaired) electrons. The monoisotopic (exact) mass is 279 g/mol. The van der Waals surface area contributed by atoms with Crippen molar-refractivity contribution < 1.29 is 13.9 Å². The average molecular weight is 279 g/mol. The van der Waals surface area contributed by atoms with Crippen LogP contribution in [-0.2, 0) is 13.0 Å². The van der Waals surface area contributed by atoms with Crippen molar-refractivity contribution in [3.05, 3.63) is 45.7 Å². The number of carbonyl (C=O) groups excluding carboxylic acids is 1. The number of aldehydes is 1. The molecule has 0 atom stereocenters. The summed E-state index contributed by atoms with van der Waals surface area (Å²) in [6.45, 7) is 2.33. The van der Waals surface area contributed by atoms with Crippen LogP contribution in [0.15, 0.2) is 23.6 Å². The molecule has 2 rings (SSSR count). The van der Waals surface area contributed by atoms with Gasteiger partial charge in [-0.15, -0.1) is 11.3 Å². The Labute approximate surface area is 115 Å². The predicted molar refractivity (Wildman–Crippen MR) is 72.2 cm³/mol. The number of hydrogen-bond donors (Lipinski definition) is 0. The van der Waals surface area contributed by atoms with Crippen molar-refractivity contribution in [3.8, 4) is 5.75 Å². The molecular weight excluding hydrogens is 265 g/mol. The summed E-state index contributed by atoms with van der Waals surface area (Å²) in [5, 5.41) is 2.99. The third-order valence-corrected chi connectivity index (χ3v) is 3.49. The molecule has 0 bridgehead atoms. The number of halogens is 1. The van der Waals surface area contributed by atoms with Crippen LogP contribution in [0, 0.1) is 5.82 Å². The van der Waals surface area contributed by atoms with Crippen LogP contribution >= 0.6 is 11.3 Å². The zero-order chi connectivity index (χ0) is 13.7. The molecule has 19 heavy (non-hydrogen) atoms. The Kier molecular flexibility index (Phi) is 4.63. The third kappa shape index (κ3) is 3.61. The van der Waals surface area contributed by atoms with Gasteiger partial charge in [0.15, 0.2) is 11.6 Å². The van der Waals surface area contributed by atoms with E-state index >= 15 is 0 Å². The highest BCUT2D eigenvalue weighted by Gasteiger charge is 2.07. The molecule has 0 saturated heterocycles. The minimum atomic E-state index is -0.534. The van der Waals surface area contributed by atoms with Crippen LogP contribution in [0.25, 0.3) is 0 Å². The van der Waals surface area contributed by atoms with Gasteiger partial charge in [0.2, 0.25) is 0 Å². The molecule has 1 aromatic carbocycles. The highest BCUT2D eigenvalue weighted by Crippen LogP contribution is 2.20. The lowest BCUT2D eigenvalue weighted by atomic mass is 10.2. The predicted octanol–water partition coefficient (Wildman–Crippen LogP) is 3.63. The number of ether oxygens (including phenoxy) is 1. The first-order chi connectivity index (χ1) is 9.22. The molecule has 100 valence electrons. The highest BCUT2D eigenvalue weighted by atomic mass is 32.1. The Morgan fingerprint density at radius 2 is 2.32 bits per heavy atom. The normalized spacial score (nSPS) is 10.4. The standard InChI is InChI=1S/C14H14FNO2S/c1-2-3-14-16-11(9-19-14)8-18-13-5-4-10(7-17)6-12(13)15/h4-7,9H,2-3,8H2,1H3. The second-order valence-electron chi connectivity index (χ2n) is 4.08. The molecule has 3 nitrogen and oxygen atoms in total. The van der Waals surface area contributed by atoms with Gasteiger partial charge in [0.1, 0.15) is 12.9 Å². The summed E-state index contributed by atoms with van der Waals surface area (Å²) in [5.41, 5.74) is 1.09. The van der Waals surface area contributed by atoms with Gasteiger partial charge >= 0.3 is 0 Å². The molecule has 1 heterocycles. The summed E-state index contributed by atoms with van der Waals surface area (Å²) in [7, 11) is 0. The van der Waals surface area contributed by atoms with E-state index in [1.54, 1.807) is 11.3 Å². The number of benzene rings is 1. The Bertz CT molecular complexity index is 568. The van der Waals surface area contributed by atoms with Crippen LogP contribution in [0.3, 0.4) is 0 Å². The minimum Gasteiger partial charge on any atom is -0.484 e. The molecule has 0 aliphatic carbocycles. The van der Waals surface area contributed by atoms with E-state index in [2.05, 4.69) is 11.9 Å². The SMILES string of the molecule is CCCc1nc(COc2ccc(C=O)cc2F)cs1. The first-order valence-electron chi connectivity index (χ1n) is 6.03. The van der Waals surface area contributed by atoms with Gasteiger partial charge in [0.05, 0.1) is 10.7 Å². The maximum Gasteiger partial charge on any atom is 0.165 e. The molecule has 0 aliphatic rings. The second-order valence-corrected chi connectivity index (χ2v) is 5.02. The van der Waals surface area contributed by atoms with E-state index in [0.29, 0.717) is 11.8 Å². The molecule has 0 N–H and O–H groups in total. The average Bonchev–Trinajstić information content (AvgIpc) is 2.85. The molecule has 0 aliphatic heterocycles. The maximum absolute atomic E-state index is 13.6. The van der Waals surface area contributed by atoms with Crippen LogP contribution < -0.4 is 4.74 Å².